The lowest BCUT2D eigenvalue weighted by Crippen LogP contribution is -2.43. The SMILES string of the molecule is CNCc1cc(F)c(-c2cc3c(-c4cnn(C5CNC5)c4)n[nH]c3cn2)c(F)c1. The number of benzene rings is 1. The van der Waals surface area contributed by atoms with Crippen LogP contribution in [0, 0.1) is 11.6 Å². The molecule has 0 spiro atoms. The molecule has 1 aliphatic heterocycles. The highest BCUT2D eigenvalue weighted by molar-refractivity contribution is 5.94. The van der Waals surface area contributed by atoms with Crippen molar-refractivity contribution in [3.8, 4) is 22.5 Å². The second-order valence-electron chi connectivity index (χ2n) is 7.17. The molecule has 148 valence electrons. The van der Waals surface area contributed by atoms with Crippen LogP contribution in [0.3, 0.4) is 0 Å². The van der Waals surface area contributed by atoms with Crippen molar-refractivity contribution in [1.29, 1.82) is 0 Å². The Labute approximate surface area is 165 Å². The maximum absolute atomic E-state index is 14.7. The number of aromatic nitrogens is 5. The van der Waals surface area contributed by atoms with Gasteiger partial charge in [-0.15, -0.1) is 0 Å². The number of hydrogen-bond acceptors (Lipinski definition) is 5. The first-order valence-corrected chi connectivity index (χ1v) is 9.36. The minimum atomic E-state index is -0.641. The standard InChI is InChI=1S/C20H19F2N7/c1-23-5-11-2-15(21)19(16(22)3-11)17-4-14-18(9-25-17)27-28-20(14)12-6-26-29(10-12)13-7-24-8-13/h2-4,6,9-10,13,23-24H,5,7-8H2,1H3,(H,27,28). The third-order valence-electron chi connectivity index (χ3n) is 5.20. The average molecular weight is 395 g/mol. The van der Waals surface area contributed by atoms with E-state index in [-0.39, 0.29) is 11.3 Å². The Morgan fingerprint density at radius 2 is 1.97 bits per heavy atom. The summed E-state index contributed by atoms with van der Waals surface area (Å²) in [7, 11) is 1.73. The first kappa shape index (κ1) is 17.9. The fourth-order valence-corrected chi connectivity index (χ4v) is 3.57. The van der Waals surface area contributed by atoms with Crippen molar-refractivity contribution in [1.82, 2.24) is 35.6 Å². The highest BCUT2D eigenvalue weighted by Gasteiger charge is 2.21. The van der Waals surface area contributed by atoms with Crippen LogP contribution in [0.1, 0.15) is 11.6 Å². The number of rotatable bonds is 5. The van der Waals surface area contributed by atoms with Gasteiger partial charge < -0.3 is 10.6 Å². The van der Waals surface area contributed by atoms with Gasteiger partial charge in [-0.3, -0.25) is 14.8 Å². The Morgan fingerprint density at radius 1 is 1.17 bits per heavy atom. The predicted octanol–water partition coefficient (Wildman–Crippen LogP) is 2.63. The molecule has 1 aliphatic rings. The van der Waals surface area contributed by atoms with E-state index in [1.165, 1.54) is 12.1 Å². The van der Waals surface area contributed by atoms with Crippen molar-refractivity contribution >= 4 is 10.9 Å². The van der Waals surface area contributed by atoms with Gasteiger partial charge in [-0.25, -0.2) is 8.78 Å². The number of aromatic amines is 1. The van der Waals surface area contributed by atoms with Crippen molar-refractivity contribution < 1.29 is 8.78 Å². The van der Waals surface area contributed by atoms with E-state index in [2.05, 4.69) is 30.9 Å². The number of hydrogen-bond donors (Lipinski definition) is 3. The van der Waals surface area contributed by atoms with Gasteiger partial charge in [0.2, 0.25) is 0 Å². The molecule has 0 bridgehead atoms. The molecule has 0 atom stereocenters. The summed E-state index contributed by atoms with van der Waals surface area (Å²) in [6.07, 6.45) is 5.23. The highest BCUT2D eigenvalue weighted by Crippen LogP contribution is 2.32. The number of H-pyrrole nitrogens is 1. The zero-order chi connectivity index (χ0) is 20.0. The molecule has 0 amide bonds. The van der Waals surface area contributed by atoms with Crippen LogP contribution in [-0.4, -0.2) is 45.1 Å². The lowest BCUT2D eigenvalue weighted by atomic mass is 10.0. The summed E-state index contributed by atoms with van der Waals surface area (Å²) in [6.45, 7) is 2.16. The summed E-state index contributed by atoms with van der Waals surface area (Å²) in [6, 6.07) is 4.66. The van der Waals surface area contributed by atoms with E-state index in [4.69, 9.17) is 0 Å². The van der Waals surface area contributed by atoms with Crippen molar-refractivity contribution in [2.75, 3.05) is 20.1 Å². The number of fused-ring (bicyclic) bond motifs is 1. The Bertz CT molecular complexity index is 1170. The van der Waals surface area contributed by atoms with E-state index in [0.29, 0.717) is 29.4 Å². The minimum Gasteiger partial charge on any atom is -0.316 e. The minimum absolute atomic E-state index is 0.143. The van der Waals surface area contributed by atoms with Gasteiger partial charge in [-0.1, -0.05) is 0 Å². The molecule has 1 fully saturated rings. The lowest BCUT2D eigenvalue weighted by molar-refractivity contribution is 0.318. The molecular formula is C20H19F2N7. The van der Waals surface area contributed by atoms with Crippen LogP contribution in [0.2, 0.25) is 0 Å². The van der Waals surface area contributed by atoms with E-state index in [1.54, 1.807) is 25.5 Å². The largest absolute Gasteiger partial charge is 0.316 e. The van der Waals surface area contributed by atoms with Crippen molar-refractivity contribution in [2.24, 2.45) is 0 Å². The van der Waals surface area contributed by atoms with Gasteiger partial charge in [-0.05, 0) is 30.8 Å². The fourth-order valence-electron chi connectivity index (χ4n) is 3.57. The second kappa shape index (κ2) is 7.02. The van der Waals surface area contributed by atoms with Gasteiger partial charge in [0.05, 0.1) is 35.2 Å². The quantitative estimate of drug-likeness (QED) is 0.484. The van der Waals surface area contributed by atoms with Gasteiger partial charge in [0.15, 0.2) is 0 Å². The molecule has 0 aliphatic carbocycles. The van der Waals surface area contributed by atoms with Gasteiger partial charge in [0, 0.05) is 36.8 Å². The van der Waals surface area contributed by atoms with E-state index in [0.717, 1.165) is 24.0 Å². The zero-order valence-electron chi connectivity index (χ0n) is 15.7. The maximum atomic E-state index is 14.7. The van der Waals surface area contributed by atoms with Gasteiger partial charge >= 0.3 is 0 Å². The monoisotopic (exact) mass is 395 g/mol. The summed E-state index contributed by atoms with van der Waals surface area (Å²) < 4.78 is 31.2. The molecule has 1 saturated heterocycles. The van der Waals surface area contributed by atoms with E-state index >= 15 is 0 Å². The third kappa shape index (κ3) is 3.08. The van der Waals surface area contributed by atoms with Gasteiger partial charge in [0.25, 0.3) is 0 Å². The predicted molar refractivity (Wildman–Crippen MR) is 105 cm³/mol. The first-order valence-electron chi connectivity index (χ1n) is 9.36. The molecular weight excluding hydrogens is 376 g/mol. The number of halogens is 2. The van der Waals surface area contributed by atoms with Crippen molar-refractivity contribution in [3.05, 3.63) is 54.0 Å². The molecule has 4 aromatic rings. The number of nitrogens with one attached hydrogen (secondary N) is 3. The summed E-state index contributed by atoms with van der Waals surface area (Å²) in [5, 5.41) is 18.6. The van der Waals surface area contributed by atoms with Crippen molar-refractivity contribution in [2.45, 2.75) is 12.6 Å². The molecule has 5 rings (SSSR count). The Balaban J connectivity index is 1.57. The maximum Gasteiger partial charge on any atom is 0.135 e. The molecule has 0 saturated carbocycles. The van der Waals surface area contributed by atoms with Crippen LogP contribution in [0.15, 0.2) is 36.8 Å². The normalized spacial score (nSPS) is 14.4. The first-order chi connectivity index (χ1) is 14.1. The van der Waals surface area contributed by atoms with Gasteiger partial charge in [0.1, 0.15) is 17.3 Å². The molecule has 3 N–H and O–H groups in total. The van der Waals surface area contributed by atoms with Crippen LogP contribution in [0.5, 0.6) is 0 Å². The smallest absolute Gasteiger partial charge is 0.135 e. The van der Waals surface area contributed by atoms with Crippen LogP contribution in [0.4, 0.5) is 8.78 Å². The lowest BCUT2D eigenvalue weighted by Gasteiger charge is -2.27. The van der Waals surface area contributed by atoms with Crippen molar-refractivity contribution in [3.63, 3.8) is 0 Å². The molecule has 4 heterocycles. The number of pyridine rings is 1. The topological polar surface area (TPSA) is 83.5 Å². The third-order valence-corrected chi connectivity index (χ3v) is 5.20. The van der Waals surface area contributed by atoms with Crippen LogP contribution in [0.25, 0.3) is 33.4 Å². The molecule has 7 nitrogen and oxygen atoms in total. The van der Waals surface area contributed by atoms with E-state index < -0.39 is 11.6 Å². The molecule has 29 heavy (non-hydrogen) atoms. The fraction of sp³-hybridized carbons (Fsp3) is 0.250. The molecule has 1 aromatic carbocycles. The van der Waals surface area contributed by atoms with Gasteiger partial charge in [-0.2, -0.15) is 10.2 Å². The molecule has 3 aromatic heterocycles. The second-order valence-corrected chi connectivity index (χ2v) is 7.17. The summed E-state index contributed by atoms with van der Waals surface area (Å²) in [5.41, 5.74) is 2.82. The average Bonchev–Trinajstić information content (AvgIpc) is 3.26. The Hall–Kier alpha value is -3.17. The summed E-state index contributed by atoms with van der Waals surface area (Å²) in [4.78, 5) is 4.24. The van der Waals surface area contributed by atoms with E-state index in [1.807, 2.05) is 10.9 Å². The summed E-state index contributed by atoms with van der Waals surface area (Å²) >= 11 is 0. The molecule has 0 radical (unpaired) electrons. The zero-order valence-corrected chi connectivity index (χ0v) is 15.7. The Kier molecular flexibility index (Phi) is 4.33. The Morgan fingerprint density at radius 3 is 2.66 bits per heavy atom. The molecule has 9 heteroatoms. The van der Waals surface area contributed by atoms with Crippen LogP contribution < -0.4 is 10.6 Å². The van der Waals surface area contributed by atoms with Crippen LogP contribution in [-0.2, 0) is 6.54 Å². The summed E-state index contributed by atoms with van der Waals surface area (Å²) in [5.74, 6) is -1.28. The van der Waals surface area contributed by atoms with E-state index in [9.17, 15) is 8.78 Å². The highest BCUT2D eigenvalue weighted by atomic mass is 19.1. The van der Waals surface area contributed by atoms with Crippen LogP contribution >= 0.6 is 0 Å². The molecule has 0 unspecified atom stereocenters. The number of nitrogens with zero attached hydrogens (tertiary/aromatic N) is 4.